The lowest BCUT2D eigenvalue weighted by Crippen LogP contribution is -2.11. The predicted octanol–water partition coefficient (Wildman–Crippen LogP) is 3.84. The van der Waals surface area contributed by atoms with Gasteiger partial charge in [0.1, 0.15) is 0 Å². The van der Waals surface area contributed by atoms with Gasteiger partial charge in [0.25, 0.3) is 0 Å². The van der Waals surface area contributed by atoms with E-state index in [1.165, 1.54) is 0 Å². The standard InChI is InChI=1S/C12H13ClN2O2/c1-8(2)9(3)15-17-12(16)14-11-6-4-10(13)5-7-11/h4-7H,1H2,2-3H3,(H,14,16)/b15-9+. The van der Waals surface area contributed by atoms with E-state index in [0.29, 0.717) is 16.4 Å². The van der Waals surface area contributed by atoms with Gasteiger partial charge in [-0.1, -0.05) is 23.3 Å². The van der Waals surface area contributed by atoms with Crippen LogP contribution >= 0.6 is 11.6 Å². The summed E-state index contributed by atoms with van der Waals surface area (Å²) in [6.07, 6.45) is -0.659. The number of amides is 1. The number of carbonyl (C=O) groups excluding carboxylic acids is 1. The summed E-state index contributed by atoms with van der Waals surface area (Å²) in [5.41, 5.74) is 1.89. The highest BCUT2D eigenvalue weighted by Crippen LogP contribution is 2.13. The molecule has 1 aromatic rings. The van der Waals surface area contributed by atoms with Crippen LogP contribution in [0.25, 0.3) is 0 Å². The number of anilines is 1. The average Bonchev–Trinajstić information content (AvgIpc) is 2.29. The molecule has 0 saturated carbocycles. The van der Waals surface area contributed by atoms with E-state index in [1.807, 2.05) is 0 Å². The van der Waals surface area contributed by atoms with Gasteiger partial charge in [-0.3, -0.25) is 10.2 Å². The molecule has 17 heavy (non-hydrogen) atoms. The number of hydrogen-bond acceptors (Lipinski definition) is 3. The van der Waals surface area contributed by atoms with Crippen LogP contribution in [0.1, 0.15) is 13.8 Å². The molecule has 1 amide bonds. The van der Waals surface area contributed by atoms with E-state index in [-0.39, 0.29) is 0 Å². The van der Waals surface area contributed by atoms with Crippen LogP contribution in [0.3, 0.4) is 0 Å². The number of carbonyl (C=O) groups is 1. The lowest BCUT2D eigenvalue weighted by atomic mass is 10.2. The smallest absolute Gasteiger partial charge is 0.298 e. The summed E-state index contributed by atoms with van der Waals surface area (Å²) in [5.74, 6) is 0. The molecule has 1 rings (SSSR count). The van der Waals surface area contributed by atoms with Gasteiger partial charge in [-0.25, -0.2) is 4.79 Å². The summed E-state index contributed by atoms with van der Waals surface area (Å²) in [4.78, 5) is 16.0. The SMILES string of the molecule is C=C(C)/C(C)=N/OC(=O)Nc1ccc(Cl)cc1. The quantitative estimate of drug-likeness (QED) is 0.505. The summed E-state index contributed by atoms with van der Waals surface area (Å²) in [6, 6.07) is 6.66. The van der Waals surface area contributed by atoms with E-state index in [1.54, 1.807) is 38.1 Å². The van der Waals surface area contributed by atoms with Crippen molar-refractivity contribution in [1.29, 1.82) is 0 Å². The van der Waals surface area contributed by atoms with Crippen molar-refractivity contribution < 1.29 is 9.63 Å². The molecule has 90 valence electrons. The Labute approximate surface area is 105 Å². The number of nitrogens with one attached hydrogen (secondary N) is 1. The van der Waals surface area contributed by atoms with Gasteiger partial charge in [-0.05, 0) is 43.7 Å². The molecule has 0 saturated heterocycles. The summed E-state index contributed by atoms with van der Waals surface area (Å²) in [6.45, 7) is 7.15. The number of hydrogen-bond donors (Lipinski definition) is 1. The van der Waals surface area contributed by atoms with Gasteiger partial charge in [0, 0.05) is 10.7 Å². The summed E-state index contributed by atoms with van der Waals surface area (Å²) < 4.78 is 0. The molecule has 5 heteroatoms. The zero-order valence-electron chi connectivity index (χ0n) is 9.66. The van der Waals surface area contributed by atoms with Crippen LogP contribution < -0.4 is 5.32 Å². The maximum Gasteiger partial charge on any atom is 0.437 e. The fraction of sp³-hybridized carbons (Fsp3) is 0.167. The Hall–Kier alpha value is -1.81. The van der Waals surface area contributed by atoms with Crippen molar-refractivity contribution in [2.75, 3.05) is 5.32 Å². The summed E-state index contributed by atoms with van der Waals surface area (Å²) in [5, 5.41) is 6.72. The third-order valence-electron chi connectivity index (χ3n) is 1.97. The lowest BCUT2D eigenvalue weighted by molar-refractivity contribution is 0.166. The number of oxime groups is 1. The minimum absolute atomic E-state index is 0.566. The Kier molecular flexibility index (Phi) is 4.72. The Morgan fingerprint density at radius 2 is 1.94 bits per heavy atom. The normalized spacial score (nSPS) is 10.9. The van der Waals surface area contributed by atoms with Gasteiger partial charge in [0.15, 0.2) is 0 Å². The molecule has 0 bridgehead atoms. The van der Waals surface area contributed by atoms with Gasteiger partial charge >= 0.3 is 6.09 Å². The molecule has 1 aromatic carbocycles. The van der Waals surface area contributed by atoms with Crippen LogP contribution in [0.2, 0.25) is 5.02 Å². The van der Waals surface area contributed by atoms with Crippen LogP contribution in [0.15, 0.2) is 41.6 Å². The van der Waals surface area contributed by atoms with Gasteiger partial charge in [0.05, 0.1) is 5.71 Å². The zero-order chi connectivity index (χ0) is 12.8. The number of nitrogens with zero attached hydrogens (tertiary/aromatic N) is 1. The van der Waals surface area contributed by atoms with Gasteiger partial charge in [-0.15, -0.1) is 0 Å². The van der Waals surface area contributed by atoms with E-state index in [9.17, 15) is 4.79 Å². The molecule has 0 unspecified atom stereocenters. The molecule has 0 heterocycles. The van der Waals surface area contributed by atoms with Crippen LogP contribution in [0.5, 0.6) is 0 Å². The Bertz CT molecular complexity index is 452. The minimum Gasteiger partial charge on any atom is -0.298 e. The second-order valence-corrected chi connectivity index (χ2v) is 3.90. The van der Waals surface area contributed by atoms with Crippen molar-refractivity contribution in [3.8, 4) is 0 Å². The molecule has 0 radical (unpaired) electrons. The molecular weight excluding hydrogens is 240 g/mol. The van der Waals surface area contributed by atoms with Crippen molar-refractivity contribution in [2.24, 2.45) is 5.16 Å². The van der Waals surface area contributed by atoms with Gasteiger partial charge < -0.3 is 0 Å². The maximum absolute atomic E-state index is 11.3. The van der Waals surface area contributed by atoms with E-state index in [2.05, 4.69) is 21.9 Å². The largest absolute Gasteiger partial charge is 0.437 e. The Morgan fingerprint density at radius 3 is 2.47 bits per heavy atom. The molecule has 4 nitrogen and oxygen atoms in total. The van der Waals surface area contributed by atoms with Gasteiger partial charge in [-0.2, -0.15) is 0 Å². The lowest BCUT2D eigenvalue weighted by Gasteiger charge is -2.03. The topological polar surface area (TPSA) is 50.7 Å². The Morgan fingerprint density at radius 1 is 1.35 bits per heavy atom. The van der Waals surface area contributed by atoms with Crippen molar-refractivity contribution >= 4 is 29.1 Å². The van der Waals surface area contributed by atoms with E-state index in [4.69, 9.17) is 11.6 Å². The molecule has 0 atom stereocenters. The first kappa shape index (κ1) is 13.3. The first-order valence-electron chi connectivity index (χ1n) is 4.93. The highest BCUT2D eigenvalue weighted by atomic mass is 35.5. The fourth-order valence-corrected chi connectivity index (χ4v) is 0.988. The monoisotopic (exact) mass is 252 g/mol. The highest BCUT2D eigenvalue weighted by molar-refractivity contribution is 6.30. The second-order valence-electron chi connectivity index (χ2n) is 3.47. The molecule has 0 aliphatic rings. The molecule has 0 aromatic heterocycles. The maximum atomic E-state index is 11.3. The number of benzene rings is 1. The van der Waals surface area contributed by atoms with E-state index in [0.717, 1.165) is 5.57 Å². The third kappa shape index (κ3) is 4.70. The minimum atomic E-state index is -0.659. The van der Waals surface area contributed by atoms with Crippen molar-refractivity contribution in [2.45, 2.75) is 13.8 Å². The number of rotatable bonds is 3. The van der Waals surface area contributed by atoms with Gasteiger partial charge in [0.2, 0.25) is 0 Å². The molecule has 0 aliphatic carbocycles. The third-order valence-corrected chi connectivity index (χ3v) is 2.23. The van der Waals surface area contributed by atoms with Crippen LogP contribution in [0, 0.1) is 0 Å². The van der Waals surface area contributed by atoms with Crippen molar-refractivity contribution in [3.63, 3.8) is 0 Å². The first-order chi connectivity index (χ1) is 7.99. The molecule has 0 spiro atoms. The molecule has 0 fully saturated rings. The fourth-order valence-electron chi connectivity index (χ4n) is 0.862. The zero-order valence-corrected chi connectivity index (χ0v) is 10.4. The van der Waals surface area contributed by atoms with Crippen LogP contribution in [-0.2, 0) is 4.84 Å². The summed E-state index contributed by atoms with van der Waals surface area (Å²) in [7, 11) is 0. The van der Waals surface area contributed by atoms with Crippen LogP contribution in [-0.4, -0.2) is 11.8 Å². The van der Waals surface area contributed by atoms with Crippen molar-refractivity contribution in [3.05, 3.63) is 41.4 Å². The van der Waals surface area contributed by atoms with Crippen molar-refractivity contribution in [1.82, 2.24) is 0 Å². The highest BCUT2D eigenvalue weighted by Gasteiger charge is 2.03. The second kappa shape index (κ2) is 6.06. The Balaban J connectivity index is 2.53. The molecule has 0 aliphatic heterocycles. The van der Waals surface area contributed by atoms with E-state index < -0.39 is 6.09 Å². The number of allylic oxidation sites excluding steroid dienone is 1. The average molecular weight is 253 g/mol. The van der Waals surface area contributed by atoms with E-state index >= 15 is 0 Å². The number of halogens is 1. The predicted molar refractivity (Wildman–Crippen MR) is 69.5 cm³/mol. The molecular formula is C12H13ClN2O2. The van der Waals surface area contributed by atoms with Crippen LogP contribution in [0.4, 0.5) is 10.5 Å². The molecule has 1 N–H and O–H groups in total. The summed E-state index contributed by atoms with van der Waals surface area (Å²) >= 11 is 5.71. The first-order valence-corrected chi connectivity index (χ1v) is 5.31.